The van der Waals surface area contributed by atoms with E-state index in [1.807, 2.05) is 0 Å². The van der Waals surface area contributed by atoms with Crippen LogP contribution in [0.15, 0.2) is 12.7 Å². The average molecular weight is 475 g/mol. The number of carboxylic acids is 1. The molecule has 17 heteroatoms. The number of rotatable bonds is 9. The molecule has 1 saturated heterocycles. The number of imidazole rings is 1. The topological polar surface area (TPSA) is 263 Å². The molecular formula is C15H20N6O10P-. The summed E-state index contributed by atoms with van der Waals surface area (Å²) in [7, 11) is -5.21. The summed E-state index contributed by atoms with van der Waals surface area (Å²) < 4.78 is 27.5. The lowest BCUT2D eigenvalue weighted by atomic mass is 10.1. The van der Waals surface area contributed by atoms with Crippen molar-refractivity contribution in [3.63, 3.8) is 0 Å². The van der Waals surface area contributed by atoms with Crippen molar-refractivity contribution in [2.45, 2.75) is 43.4 Å². The first-order chi connectivity index (χ1) is 15.0. The summed E-state index contributed by atoms with van der Waals surface area (Å²) in [5.74, 6) is -2.68. The van der Waals surface area contributed by atoms with Crippen molar-refractivity contribution < 1.29 is 53.9 Å². The number of phosphoric acid groups is 1. The number of nitrogens with zero attached hydrogens (tertiary/aromatic N) is 4. The largest absolute Gasteiger partial charge is 0.746 e. The van der Waals surface area contributed by atoms with E-state index in [1.165, 1.54) is 17.2 Å². The maximum absolute atomic E-state index is 11.9. The van der Waals surface area contributed by atoms with Crippen molar-refractivity contribution in [1.82, 2.24) is 19.5 Å². The molecule has 0 bridgehead atoms. The molecule has 1 fully saturated rings. The monoisotopic (exact) mass is 475 g/mol. The lowest BCUT2D eigenvalue weighted by Gasteiger charge is -2.25. The molecule has 1 unspecified atom stereocenters. The first-order valence-electron chi connectivity index (χ1n) is 9.16. The van der Waals surface area contributed by atoms with Gasteiger partial charge in [-0.2, -0.15) is 0 Å². The van der Waals surface area contributed by atoms with E-state index in [4.69, 9.17) is 10.5 Å². The zero-order valence-electron chi connectivity index (χ0n) is 16.3. The molecule has 0 amide bonds. The smallest absolute Gasteiger partial charge is 0.370 e. The zero-order valence-corrected chi connectivity index (χ0v) is 17.2. The van der Waals surface area contributed by atoms with Gasteiger partial charge in [-0.3, -0.25) is 9.13 Å². The van der Waals surface area contributed by atoms with Gasteiger partial charge in [-0.25, -0.2) is 19.7 Å². The molecule has 7 N–H and O–H groups in total. The SMILES string of the molecule is Nc1ncnc2c1ncn2[C@@H]1O[C@H](COP(=O)([O-])OC(=O)[C@@H]([NH3+])CCC(=O)[O-])[C@@H](O)[C@H]1O. The second-order valence-electron chi connectivity index (χ2n) is 6.89. The lowest BCUT2D eigenvalue weighted by Crippen LogP contribution is -2.65. The van der Waals surface area contributed by atoms with Crippen LogP contribution in [0.5, 0.6) is 0 Å². The highest BCUT2D eigenvalue weighted by Gasteiger charge is 2.45. The summed E-state index contributed by atoms with van der Waals surface area (Å²) in [6.45, 7) is -0.798. The quantitative estimate of drug-likeness (QED) is 0.248. The standard InChI is InChI=1S/C15H21N6O10P/c16-6(1-2-8(22)23)15(26)31-32(27,28)29-3-7-10(24)11(25)14(30-7)21-5-20-9-12(17)18-4-19-13(9)21/h4-7,10-11,14,24-25H,1-3,16H2,(H,22,23)(H,27,28)(H2,17,18,19)/p-1/t6-,7+,10+,11+,14+/m0/s1. The molecule has 6 atom stereocenters. The number of anilines is 1. The summed E-state index contributed by atoms with van der Waals surface area (Å²) >= 11 is 0. The molecule has 1 aliphatic heterocycles. The Kier molecular flexibility index (Phi) is 7.04. The molecule has 16 nitrogen and oxygen atoms in total. The number of carboxylic acid groups (broad SMARTS) is 1. The van der Waals surface area contributed by atoms with Crippen LogP contribution in [0.3, 0.4) is 0 Å². The van der Waals surface area contributed by atoms with Crippen molar-refractivity contribution in [3.05, 3.63) is 12.7 Å². The van der Waals surface area contributed by atoms with Gasteiger partial charge < -0.3 is 50.3 Å². The second kappa shape index (κ2) is 9.41. The number of ether oxygens (including phenoxy) is 1. The third kappa shape index (κ3) is 5.18. The van der Waals surface area contributed by atoms with Crippen LogP contribution < -0.4 is 21.5 Å². The number of aliphatic hydroxyl groups is 2. The number of fused-ring (bicyclic) bond motifs is 1. The molecule has 2 aromatic rings. The molecule has 3 heterocycles. The molecule has 1 aliphatic rings. The molecule has 0 radical (unpaired) electrons. The Morgan fingerprint density at radius 3 is 2.75 bits per heavy atom. The van der Waals surface area contributed by atoms with Crippen molar-refractivity contribution in [1.29, 1.82) is 0 Å². The number of hydrogen-bond donors (Lipinski definition) is 4. The number of carbonyl (C=O) groups excluding carboxylic acids is 2. The third-order valence-corrected chi connectivity index (χ3v) is 5.50. The number of carbonyl (C=O) groups is 2. The van der Waals surface area contributed by atoms with Gasteiger partial charge in [0.05, 0.1) is 12.9 Å². The Morgan fingerprint density at radius 2 is 2.06 bits per heavy atom. The van der Waals surface area contributed by atoms with Crippen LogP contribution in [0.1, 0.15) is 19.1 Å². The van der Waals surface area contributed by atoms with Crippen LogP contribution in [0.4, 0.5) is 5.82 Å². The minimum Gasteiger partial charge on any atom is -0.746 e. The van der Waals surface area contributed by atoms with E-state index in [0.717, 1.165) is 0 Å². The van der Waals surface area contributed by atoms with Gasteiger partial charge in [0.25, 0.3) is 0 Å². The molecule has 32 heavy (non-hydrogen) atoms. The highest BCUT2D eigenvalue weighted by molar-refractivity contribution is 7.46. The Labute approximate surface area is 179 Å². The fourth-order valence-electron chi connectivity index (χ4n) is 2.94. The van der Waals surface area contributed by atoms with E-state index in [2.05, 4.69) is 29.7 Å². The van der Waals surface area contributed by atoms with E-state index < -0.39 is 63.4 Å². The maximum atomic E-state index is 11.9. The van der Waals surface area contributed by atoms with Gasteiger partial charge in [0, 0.05) is 12.4 Å². The van der Waals surface area contributed by atoms with Crippen LogP contribution in [0.2, 0.25) is 0 Å². The molecule has 0 spiro atoms. The van der Waals surface area contributed by atoms with Crippen molar-refractivity contribution in [3.8, 4) is 0 Å². The van der Waals surface area contributed by atoms with Gasteiger partial charge in [-0.15, -0.1) is 0 Å². The van der Waals surface area contributed by atoms with Gasteiger partial charge in [0.2, 0.25) is 0 Å². The molecule has 3 rings (SSSR count). The van der Waals surface area contributed by atoms with Crippen LogP contribution in [0.25, 0.3) is 11.2 Å². The number of aliphatic carboxylic acids is 1. The highest BCUT2D eigenvalue weighted by atomic mass is 31.2. The first-order valence-corrected chi connectivity index (χ1v) is 10.6. The summed E-state index contributed by atoms with van der Waals surface area (Å²) in [6, 6.07) is -1.29. The first kappa shape index (κ1) is 23.9. The molecular weight excluding hydrogens is 455 g/mol. The fraction of sp³-hybridized carbons (Fsp3) is 0.533. The number of aliphatic hydroxyl groups excluding tert-OH is 2. The summed E-state index contributed by atoms with van der Waals surface area (Å²) in [5, 5.41) is 31.0. The third-order valence-electron chi connectivity index (χ3n) is 4.63. The number of nitrogen functional groups attached to an aromatic ring is 1. The molecule has 0 saturated carbocycles. The van der Waals surface area contributed by atoms with Gasteiger partial charge in [0.15, 0.2) is 23.7 Å². The van der Waals surface area contributed by atoms with E-state index in [-0.39, 0.29) is 23.4 Å². The number of nitrogens with two attached hydrogens (primary N) is 1. The molecule has 176 valence electrons. The molecule has 0 aromatic carbocycles. The van der Waals surface area contributed by atoms with E-state index >= 15 is 0 Å². The van der Waals surface area contributed by atoms with E-state index in [9.17, 15) is 34.4 Å². The number of quaternary nitrogens is 1. The Bertz CT molecular complexity index is 1050. The van der Waals surface area contributed by atoms with Crippen molar-refractivity contribution >= 4 is 36.7 Å². The second-order valence-corrected chi connectivity index (χ2v) is 8.23. The minimum absolute atomic E-state index is 0.0825. The van der Waals surface area contributed by atoms with Gasteiger partial charge >= 0.3 is 13.8 Å². The minimum atomic E-state index is -5.21. The zero-order chi connectivity index (χ0) is 23.6. The number of aromatic nitrogens is 4. The summed E-state index contributed by atoms with van der Waals surface area (Å²) in [6.07, 6.45) is -4.03. The fourth-order valence-corrected chi connectivity index (χ4v) is 3.69. The predicted octanol–water partition coefficient (Wildman–Crippen LogP) is -4.80. The maximum Gasteiger partial charge on any atom is 0.370 e. The molecule has 0 aliphatic carbocycles. The van der Waals surface area contributed by atoms with Crippen LogP contribution in [-0.4, -0.2) is 72.6 Å². The number of hydrogen-bond acceptors (Lipinski definition) is 14. The normalized spacial score (nSPS) is 26.0. The summed E-state index contributed by atoms with van der Waals surface area (Å²) in [5.41, 5.74) is 9.46. The van der Waals surface area contributed by atoms with Gasteiger partial charge in [-0.1, -0.05) is 0 Å². The Hall–Kier alpha value is -2.72. The van der Waals surface area contributed by atoms with Crippen LogP contribution in [0, 0.1) is 0 Å². The average Bonchev–Trinajstić information content (AvgIpc) is 3.27. The number of phosphoric ester groups is 1. The Morgan fingerprint density at radius 1 is 1.34 bits per heavy atom. The van der Waals surface area contributed by atoms with Crippen molar-refractivity contribution in [2.24, 2.45) is 0 Å². The van der Waals surface area contributed by atoms with E-state index in [1.54, 1.807) is 0 Å². The van der Waals surface area contributed by atoms with Gasteiger partial charge in [0.1, 0.15) is 30.2 Å². The lowest BCUT2D eigenvalue weighted by molar-refractivity contribution is -0.410. The van der Waals surface area contributed by atoms with Crippen LogP contribution >= 0.6 is 7.82 Å². The van der Waals surface area contributed by atoms with E-state index in [0.29, 0.717) is 0 Å². The Balaban J connectivity index is 1.61. The van der Waals surface area contributed by atoms with Crippen molar-refractivity contribution in [2.75, 3.05) is 12.3 Å². The molecule has 2 aromatic heterocycles. The van der Waals surface area contributed by atoms with Gasteiger partial charge in [-0.05, 0) is 6.42 Å². The summed E-state index contributed by atoms with van der Waals surface area (Å²) in [4.78, 5) is 45.9. The van der Waals surface area contributed by atoms with Crippen LogP contribution in [-0.2, 0) is 27.9 Å². The highest BCUT2D eigenvalue weighted by Crippen LogP contribution is 2.41. The predicted molar refractivity (Wildman–Crippen MR) is 96.2 cm³/mol.